The molecule has 6 heteroatoms. The van der Waals surface area contributed by atoms with E-state index in [1.54, 1.807) is 22.7 Å². The highest BCUT2D eigenvalue weighted by Gasteiger charge is 2.41. The van der Waals surface area contributed by atoms with Crippen LogP contribution in [-0.2, 0) is 22.4 Å². The van der Waals surface area contributed by atoms with Gasteiger partial charge in [-0.25, -0.2) is 0 Å². The van der Waals surface area contributed by atoms with Crippen molar-refractivity contribution >= 4 is 34.5 Å². The van der Waals surface area contributed by atoms with Crippen molar-refractivity contribution in [3.8, 4) is 0 Å². The number of rotatable bonds is 7. The molecular weight excluding hydrogens is 388 g/mol. The van der Waals surface area contributed by atoms with E-state index in [-0.39, 0.29) is 28.7 Å². The van der Waals surface area contributed by atoms with E-state index in [9.17, 15) is 9.59 Å². The van der Waals surface area contributed by atoms with E-state index < -0.39 is 0 Å². The first-order valence-corrected chi connectivity index (χ1v) is 11.7. The molecule has 2 atom stereocenters. The molecule has 4 nitrogen and oxygen atoms in total. The summed E-state index contributed by atoms with van der Waals surface area (Å²) in [6.45, 7) is 7.40. The average molecular weight is 419 g/mol. The number of amides is 2. The van der Waals surface area contributed by atoms with Crippen LogP contribution in [0.15, 0.2) is 33.7 Å². The van der Waals surface area contributed by atoms with Gasteiger partial charge in [0, 0.05) is 12.6 Å². The normalized spacial score (nSPS) is 23.9. The number of carbonyl (C=O) groups is 2. The largest absolute Gasteiger partial charge is 0.355 e. The van der Waals surface area contributed by atoms with Crippen LogP contribution in [0.4, 0.5) is 0 Å². The summed E-state index contributed by atoms with van der Waals surface area (Å²) in [6, 6.07) is 4.14. The summed E-state index contributed by atoms with van der Waals surface area (Å²) in [5, 5.41) is 14.4. The smallest absolute Gasteiger partial charge is 0.224 e. The first-order chi connectivity index (χ1) is 13.2. The van der Waals surface area contributed by atoms with Crippen molar-refractivity contribution in [3.63, 3.8) is 0 Å². The van der Waals surface area contributed by atoms with Gasteiger partial charge in [-0.15, -0.1) is 0 Å². The fourth-order valence-electron chi connectivity index (χ4n) is 4.68. The topological polar surface area (TPSA) is 58.2 Å². The molecular formula is C22H30N2O2S2. The highest BCUT2D eigenvalue weighted by atomic mass is 32.1. The Hall–Kier alpha value is -1.66. The summed E-state index contributed by atoms with van der Waals surface area (Å²) in [7, 11) is 0. The highest BCUT2D eigenvalue weighted by molar-refractivity contribution is 7.08. The summed E-state index contributed by atoms with van der Waals surface area (Å²) in [5.41, 5.74) is 2.24. The second kappa shape index (κ2) is 8.78. The molecule has 1 fully saturated rings. The zero-order chi connectivity index (χ0) is 20.2. The van der Waals surface area contributed by atoms with Crippen LogP contribution in [0, 0.1) is 10.8 Å². The Labute approximate surface area is 175 Å². The zero-order valence-corrected chi connectivity index (χ0v) is 18.6. The second-order valence-corrected chi connectivity index (χ2v) is 10.8. The standard InChI is InChI=1S/C22H30N2O2S2/c1-21(2)10-18(24-20(26)9-17-5-7-28-13-17)11-22(3,14-21)15-23-19(25)8-16-4-6-27-12-16/h4-7,12-13,18H,8-11,14-15H2,1-3H3,(H,23,25)(H,24,26). The molecule has 1 saturated carbocycles. The van der Waals surface area contributed by atoms with Crippen LogP contribution in [0.3, 0.4) is 0 Å². The first-order valence-electron chi connectivity index (χ1n) is 9.81. The minimum Gasteiger partial charge on any atom is -0.355 e. The summed E-state index contributed by atoms with van der Waals surface area (Å²) in [4.78, 5) is 24.8. The number of hydrogen-bond donors (Lipinski definition) is 2. The lowest BCUT2D eigenvalue weighted by molar-refractivity contribution is -0.123. The molecule has 0 aromatic carbocycles. The molecule has 152 valence electrons. The molecule has 28 heavy (non-hydrogen) atoms. The van der Waals surface area contributed by atoms with Gasteiger partial charge in [0.05, 0.1) is 12.8 Å². The van der Waals surface area contributed by atoms with Gasteiger partial charge in [-0.3, -0.25) is 9.59 Å². The third-order valence-corrected chi connectivity index (χ3v) is 6.87. The molecule has 0 spiro atoms. The Kier molecular flexibility index (Phi) is 6.61. The first kappa shape index (κ1) is 21.1. The third-order valence-electron chi connectivity index (χ3n) is 5.41. The summed E-state index contributed by atoms with van der Waals surface area (Å²) in [6.07, 6.45) is 3.78. The highest BCUT2D eigenvalue weighted by Crippen LogP contribution is 2.45. The molecule has 0 bridgehead atoms. The van der Waals surface area contributed by atoms with Crippen LogP contribution in [0.2, 0.25) is 0 Å². The van der Waals surface area contributed by atoms with Gasteiger partial charge in [-0.1, -0.05) is 20.8 Å². The van der Waals surface area contributed by atoms with E-state index in [1.807, 2.05) is 33.7 Å². The molecule has 0 saturated heterocycles. The fourth-order valence-corrected chi connectivity index (χ4v) is 6.02. The summed E-state index contributed by atoms with van der Waals surface area (Å²) >= 11 is 3.23. The Bertz CT molecular complexity index is 784. The van der Waals surface area contributed by atoms with Gasteiger partial charge < -0.3 is 10.6 Å². The molecule has 2 heterocycles. The maximum absolute atomic E-state index is 12.5. The van der Waals surface area contributed by atoms with Crippen molar-refractivity contribution in [3.05, 3.63) is 44.8 Å². The van der Waals surface area contributed by atoms with Crippen LogP contribution in [0.5, 0.6) is 0 Å². The third kappa shape index (κ3) is 6.17. The van der Waals surface area contributed by atoms with E-state index in [1.165, 1.54) is 0 Å². The minimum absolute atomic E-state index is 0.0214. The molecule has 1 aliphatic rings. The van der Waals surface area contributed by atoms with Crippen LogP contribution in [-0.4, -0.2) is 24.4 Å². The van der Waals surface area contributed by atoms with Gasteiger partial charge in [-0.05, 0) is 74.9 Å². The summed E-state index contributed by atoms with van der Waals surface area (Å²) < 4.78 is 0. The quantitative estimate of drug-likeness (QED) is 0.700. The van der Waals surface area contributed by atoms with Gasteiger partial charge in [-0.2, -0.15) is 22.7 Å². The van der Waals surface area contributed by atoms with Crippen molar-refractivity contribution in [2.45, 2.75) is 58.9 Å². The fraction of sp³-hybridized carbons (Fsp3) is 0.545. The number of carbonyl (C=O) groups excluding carboxylic acids is 2. The average Bonchev–Trinajstić information content (AvgIpc) is 3.25. The lowest BCUT2D eigenvalue weighted by atomic mass is 9.62. The van der Waals surface area contributed by atoms with Crippen LogP contribution in [0.25, 0.3) is 0 Å². The Morgan fingerprint density at radius 3 is 2.18 bits per heavy atom. The maximum atomic E-state index is 12.5. The predicted octanol–water partition coefficient (Wildman–Crippen LogP) is 4.41. The van der Waals surface area contributed by atoms with E-state index in [0.29, 0.717) is 19.4 Å². The molecule has 2 amide bonds. The van der Waals surface area contributed by atoms with Crippen molar-refractivity contribution in [2.24, 2.45) is 10.8 Å². The van der Waals surface area contributed by atoms with E-state index >= 15 is 0 Å². The number of thiophene rings is 2. The van der Waals surface area contributed by atoms with Crippen LogP contribution >= 0.6 is 22.7 Å². The van der Waals surface area contributed by atoms with E-state index in [0.717, 1.165) is 30.4 Å². The molecule has 0 radical (unpaired) electrons. The minimum atomic E-state index is -0.0214. The molecule has 3 rings (SSSR count). The lowest BCUT2D eigenvalue weighted by Gasteiger charge is -2.47. The molecule has 0 aliphatic heterocycles. The maximum Gasteiger partial charge on any atom is 0.224 e. The monoisotopic (exact) mass is 418 g/mol. The zero-order valence-electron chi connectivity index (χ0n) is 16.9. The van der Waals surface area contributed by atoms with Crippen LogP contribution < -0.4 is 10.6 Å². The van der Waals surface area contributed by atoms with Crippen LogP contribution in [0.1, 0.15) is 51.2 Å². The predicted molar refractivity (Wildman–Crippen MR) is 117 cm³/mol. The SMILES string of the molecule is CC1(C)CC(NC(=O)Cc2ccsc2)CC(C)(CNC(=O)Cc2ccsc2)C1. The molecule has 2 aromatic heterocycles. The van der Waals surface area contributed by atoms with E-state index in [4.69, 9.17) is 0 Å². The second-order valence-electron chi connectivity index (χ2n) is 9.22. The summed E-state index contributed by atoms with van der Waals surface area (Å²) in [5.74, 6) is 0.158. The van der Waals surface area contributed by atoms with Crippen molar-refractivity contribution in [1.82, 2.24) is 10.6 Å². The molecule has 2 unspecified atom stereocenters. The molecule has 2 N–H and O–H groups in total. The molecule has 1 aliphatic carbocycles. The van der Waals surface area contributed by atoms with Gasteiger partial charge in [0.1, 0.15) is 0 Å². The van der Waals surface area contributed by atoms with Crippen molar-refractivity contribution in [1.29, 1.82) is 0 Å². The van der Waals surface area contributed by atoms with Gasteiger partial charge in [0.2, 0.25) is 11.8 Å². The Balaban J connectivity index is 1.55. The van der Waals surface area contributed by atoms with Crippen molar-refractivity contribution < 1.29 is 9.59 Å². The van der Waals surface area contributed by atoms with E-state index in [2.05, 4.69) is 31.4 Å². The molecule has 2 aromatic rings. The van der Waals surface area contributed by atoms with Gasteiger partial charge in [0.25, 0.3) is 0 Å². The van der Waals surface area contributed by atoms with Gasteiger partial charge >= 0.3 is 0 Å². The lowest BCUT2D eigenvalue weighted by Crippen LogP contribution is -2.50. The van der Waals surface area contributed by atoms with Crippen molar-refractivity contribution in [2.75, 3.05) is 6.54 Å². The Morgan fingerprint density at radius 1 is 1.00 bits per heavy atom. The number of hydrogen-bond acceptors (Lipinski definition) is 4. The van der Waals surface area contributed by atoms with Gasteiger partial charge in [0.15, 0.2) is 0 Å². The number of nitrogens with one attached hydrogen (secondary N) is 2. The Morgan fingerprint density at radius 2 is 1.61 bits per heavy atom.